The Bertz CT molecular complexity index is 860. The molecule has 2 rings (SSSR count). The van der Waals surface area contributed by atoms with Crippen LogP contribution >= 0.6 is 0 Å². The predicted molar refractivity (Wildman–Crippen MR) is 118 cm³/mol. The molecule has 33 heavy (non-hydrogen) atoms. The second kappa shape index (κ2) is 13.0. The average molecular weight is 465 g/mol. The molecule has 0 unspecified atom stereocenters. The second-order valence-electron chi connectivity index (χ2n) is 7.47. The van der Waals surface area contributed by atoms with Crippen LogP contribution in [0.5, 0.6) is 0 Å². The maximum atomic E-state index is 14.9. The van der Waals surface area contributed by atoms with Crippen LogP contribution in [0.1, 0.15) is 49.5 Å². The molecule has 2 aromatic carbocycles. The van der Waals surface area contributed by atoms with Gasteiger partial charge in [-0.3, -0.25) is 0 Å². The summed E-state index contributed by atoms with van der Waals surface area (Å²) in [6, 6.07) is 16.9. The van der Waals surface area contributed by atoms with Crippen molar-refractivity contribution in [3.05, 3.63) is 71.8 Å². The van der Waals surface area contributed by atoms with Gasteiger partial charge in [0, 0.05) is 20.6 Å². The number of halogens is 2. The van der Waals surface area contributed by atoms with E-state index in [-0.39, 0.29) is 6.42 Å². The molecule has 0 aromatic heterocycles. The molecule has 6 nitrogen and oxygen atoms in total. The third-order valence-electron chi connectivity index (χ3n) is 5.07. The summed E-state index contributed by atoms with van der Waals surface area (Å²) in [5.74, 6) is -5.26. The number of alkyl halides is 2. The molecule has 0 radical (unpaired) electrons. The third kappa shape index (κ3) is 7.61. The summed E-state index contributed by atoms with van der Waals surface area (Å²) < 4.78 is 50.5. The molecule has 2 aromatic rings. The van der Waals surface area contributed by atoms with Crippen molar-refractivity contribution < 1.29 is 37.3 Å². The number of benzene rings is 2. The molecule has 0 saturated heterocycles. The Labute approximate surface area is 192 Å². The minimum atomic E-state index is -3.41. The van der Waals surface area contributed by atoms with Crippen LogP contribution in [0, 0.1) is 0 Å². The maximum absolute atomic E-state index is 14.9. The van der Waals surface area contributed by atoms with Gasteiger partial charge in [0.05, 0.1) is 0 Å². The van der Waals surface area contributed by atoms with Gasteiger partial charge in [-0.15, -0.1) is 0 Å². The molecule has 180 valence electrons. The van der Waals surface area contributed by atoms with Crippen molar-refractivity contribution in [2.24, 2.45) is 0 Å². The monoisotopic (exact) mass is 464 g/mol. The largest absolute Gasteiger partial charge is 0.459 e. The number of hydrogen-bond donors (Lipinski definition) is 0. The third-order valence-corrected chi connectivity index (χ3v) is 5.07. The van der Waals surface area contributed by atoms with Crippen molar-refractivity contribution in [3.63, 3.8) is 0 Å². The van der Waals surface area contributed by atoms with E-state index in [1.165, 1.54) is 14.2 Å². The van der Waals surface area contributed by atoms with Crippen LogP contribution in [0.25, 0.3) is 0 Å². The summed E-state index contributed by atoms with van der Waals surface area (Å²) in [5, 5.41) is 0. The fourth-order valence-corrected chi connectivity index (χ4v) is 3.24. The van der Waals surface area contributed by atoms with Crippen molar-refractivity contribution in [2.45, 2.75) is 50.4 Å². The van der Waals surface area contributed by atoms with Crippen LogP contribution in [0.4, 0.5) is 8.78 Å². The molecule has 8 heteroatoms. The zero-order valence-electron chi connectivity index (χ0n) is 19.0. The summed E-state index contributed by atoms with van der Waals surface area (Å²) in [6.07, 6.45) is -4.04. The van der Waals surface area contributed by atoms with Gasteiger partial charge in [0.2, 0.25) is 0 Å². The highest BCUT2D eigenvalue weighted by Gasteiger charge is 2.44. The van der Waals surface area contributed by atoms with Crippen molar-refractivity contribution in [3.8, 4) is 0 Å². The topological polar surface area (TPSA) is 71.1 Å². The van der Waals surface area contributed by atoms with Crippen LogP contribution in [0.15, 0.2) is 60.7 Å². The number of hydrogen-bond acceptors (Lipinski definition) is 6. The molecule has 0 aliphatic rings. The van der Waals surface area contributed by atoms with Crippen LogP contribution in [0.3, 0.4) is 0 Å². The Kier molecular flexibility index (Phi) is 10.4. The smallest absolute Gasteiger partial charge is 0.340 e. The molecule has 0 spiro atoms. The zero-order chi connectivity index (χ0) is 24.3. The molecule has 0 saturated carbocycles. The Morgan fingerprint density at radius 1 is 0.848 bits per heavy atom. The zero-order valence-corrected chi connectivity index (χ0v) is 19.0. The molecular weight excluding hydrogens is 434 g/mol. The van der Waals surface area contributed by atoms with E-state index in [0.717, 1.165) is 0 Å². The fraction of sp³-hybridized carbons (Fsp3) is 0.440. The Hall–Kier alpha value is -2.84. The fourth-order valence-electron chi connectivity index (χ4n) is 3.24. The highest BCUT2D eigenvalue weighted by Crippen LogP contribution is 2.30. The summed E-state index contributed by atoms with van der Waals surface area (Å²) in [6.45, 7) is 0.954. The van der Waals surface area contributed by atoms with E-state index in [0.29, 0.717) is 17.5 Å². The number of carbonyl (C=O) groups is 2. The molecule has 0 N–H and O–H groups in total. The Balaban J connectivity index is 2.16. The van der Waals surface area contributed by atoms with Gasteiger partial charge in [-0.1, -0.05) is 74.0 Å². The van der Waals surface area contributed by atoms with Gasteiger partial charge in [-0.25, -0.2) is 18.4 Å². The number of methoxy groups -OCH3 is 2. The molecule has 0 aliphatic carbocycles. The van der Waals surface area contributed by atoms with Gasteiger partial charge in [-0.2, -0.15) is 0 Å². The SMILES string of the molecule is CCCCC(F)(F)[C@@H](COC(=O)[C@H](OC)c1ccccc1)OC(=O)[C@H](OC)c1ccccc1. The second-order valence-corrected chi connectivity index (χ2v) is 7.47. The highest BCUT2D eigenvalue weighted by molar-refractivity contribution is 5.77. The Morgan fingerprint density at radius 3 is 1.79 bits per heavy atom. The van der Waals surface area contributed by atoms with E-state index in [9.17, 15) is 18.4 Å². The standard InChI is InChI=1S/C25H30F2O6/c1-4-5-16-25(26,27)20(33-24(29)22(31-3)19-14-10-7-11-15-19)17-32-23(28)21(30-2)18-12-8-6-9-13-18/h6-15,20-22H,4-5,16-17H2,1-3H3/t20-,21-,22-/m1/s1. The first-order valence-corrected chi connectivity index (χ1v) is 10.7. The molecule has 3 atom stereocenters. The van der Waals surface area contributed by atoms with Gasteiger partial charge in [0.25, 0.3) is 5.92 Å². The van der Waals surface area contributed by atoms with Crippen molar-refractivity contribution >= 4 is 11.9 Å². The number of carbonyl (C=O) groups excluding carboxylic acids is 2. The van der Waals surface area contributed by atoms with Gasteiger partial charge in [0.15, 0.2) is 18.3 Å². The number of unbranched alkanes of at least 4 members (excludes halogenated alkanes) is 1. The lowest BCUT2D eigenvalue weighted by Gasteiger charge is -2.28. The number of ether oxygens (including phenoxy) is 4. The van der Waals surface area contributed by atoms with Crippen LogP contribution in [-0.2, 0) is 28.5 Å². The number of esters is 2. The summed E-state index contributed by atoms with van der Waals surface area (Å²) in [4.78, 5) is 25.3. The van der Waals surface area contributed by atoms with Gasteiger partial charge < -0.3 is 18.9 Å². The van der Waals surface area contributed by atoms with Crippen molar-refractivity contribution in [2.75, 3.05) is 20.8 Å². The summed E-state index contributed by atoms with van der Waals surface area (Å²) in [7, 11) is 2.60. The molecule has 0 heterocycles. The minimum Gasteiger partial charge on any atom is -0.459 e. The van der Waals surface area contributed by atoms with Crippen molar-refractivity contribution in [1.82, 2.24) is 0 Å². The van der Waals surface area contributed by atoms with Crippen molar-refractivity contribution in [1.29, 1.82) is 0 Å². The van der Waals surface area contributed by atoms with Gasteiger partial charge in [-0.05, 0) is 17.5 Å². The number of rotatable bonds is 13. The van der Waals surface area contributed by atoms with E-state index in [4.69, 9.17) is 18.9 Å². The van der Waals surface area contributed by atoms with Gasteiger partial charge >= 0.3 is 11.9 Å². The first-order valence-electron chi connectivity index (χ1n) is 10.7. The first-order chi connectivity index (χ1) is 15.8. The van der Waals surface area contributed by atoms with E-state index in [1.54, 1.807) is 67.6 Å². The normalized spacial score (nSPS) is 14.2. The molecular formula is C25H30F2O6. The van der Waals surface area contributed by atoms with Crippen LogP contribution < -0.4 is 0 Å². The predicted octanol–water partition coefficient (Wildman–Crippen LogP) is 5.04. The Morgan fingerprint density at radius 2 is 1.33 bits per heavy atom. The highest BCUT2D eigenvalue weighted by atomic mass is 19.3. The average Bonchev–Trinajstić information content (AvgIpc) is 2.82. The molecule has 0 fully saturated rings. The van der Waals surface area contributed by atoms with Crippen LogP contribution in [-0.4, -0.2) is 44.8 Å². The van der Waals surface area contributed by atoms with E-state index < -0.39 is 49.2 Å². The molecule has 0 bridgehead atoms. The van der Waals surface area contributed by atoms with E-state index in [1.807, 2.05) is 0 Å². The lowest BCUT2D eigenvalue weighted by molar-refractivity contribution is -0.198. The lowest BCUT2D eigenvalue weighted by atomic mass is 10.1. The summed E-state index contributed by atoms with van der Waals surface area (Å²) in [5.41, 5.74) is 0.973. The molecule has 0 amide bonds. The van der Waals surface area contributed by atoms with E-state index in [2.05, 4.69) is 0 Å². The lowest BCUT2D eigenvalue weighted by Crippen LogP contribution is -2.43. The maximum Gasteiger partial charge on any atom is 0.340 e. The van der Waals surface area contributed by atoms with Gasteiger partial charge in [0.1, 0.15) is 6.61 Å². The first kappa shape index (κ1) is 26.4. The quantitative estimate of drug-likeness (QED) is 0.387. The molecule has 0 aliphatic heterocycles. The summed E-state index contributed by atoms with van der Waals surface area (Å²) >= 11 is 0. The minimum absolute atomic E-state index is 0.214. The van der Waals surface area contributed by atoms with Crippen LogP contribution in [0.2, 0.25) is 0 Å². The van der Waals surface area contributed by atoms with E-state index >= 15 is 0 Å².